The number of benzene rings is 2. The molecule has 96 valence electrons. The summed E-state index contributed by atoms with van der Waals surface area (Å²) >= 11 is 6.99. The molecule has 0 unspecified atom stereocenters. The van der Waals surface area contributed by atoms with Gasteiger partial charge in [-0.25, -0.2) is 4.98 Å². The maximum atomic E-state index is 6.05. The first kappa shape index (κ1) is 12.7. The predicted octanol–water partition coefficient (Wildman–Crippen LogP) is 4.44. The first-order chi connectivity index (χ1) is 9.06. The third-order valence-corrected chi connectivity index (χ3v) is 4.43. The highest BCUT2D eigenvalue weighted by Gasteiger charge is 2.11. The van der Waals surface area contributed by atoms with E-state index in [0.29, 0.717) is 5.95 Å². The van der Waals surface area contributed by atoms with Gasteiger partial charge in [-0.2, -0.15) is 0 Å². The number of hydrogen-bond donors (Lipinski definition) is 1. The number of anilines is 1. The second-order valence-electron chi connectivity index (χ2n) is 4.37. The Morgan fingerprint density at radius 2 is 1.89 bits per heavy atom. The molecule has 3 rings (SSSR count). The van der Waals surface area contributed by atoms with E-state index >= 15 is 0 Å². The van der Waals surface area contributed by atoms with Gasteiger partial charge in [0.2, 0.25) is 5.95 Å². The van der Waals surface area contributed by atoms with Crippen molar-refractivity contribution in [2.24, 2.45) is 0 Å². The minimum atomic E-state index is 0.495. The lowest BCUT2D eigenvalue weighted by atomic mass is 10.2. The van der Waals surface area contributed by atoms with E-state index in [0.717, 1.165) is 31.2 Å². The quantitative estimate of drug-likeness (QED) is 0.678. The summed E-state index contributed by atoms with van der Waals surface area (Å²) in [5, 5.41) is 0. The maximum Gasteiger partial charge on any atom is 0.205 e. The Labute approximate surface area is 127 Å². The highest BCUT2D eigenvalue weighted by molar-refractivity contribution is 9.10. The van der Waals surface area contributed by atoms with Crippen LogP contribution >= 0.6 is 31.9 Å². The van der Waals surface area contributed by atoms with E-state index in [2.05, 4.69) is 49.8 Å². The summed E-state index contributed by atoms with van der Waals surface area (Å²) in [4.78, 5) is 4.39. The third-order valence-electron chi connectivity index (χ3n) is 3.04. The fraction of sp³-hybridized carbons (Fsp3) is 0.0714. The van der Waals surface area contributed by atoms with Gasteiger partial charge in [0.15, 0.2) is 0 Å². The molecule has 0 amide bonds. The number of hydrogen-bond acceptors (Lipinski definition) is 2. The van der Waals surface area contributed by atoms with Crippen LogP contribution in [0.1, 0.15) is 5.56 Å². The van der Waals surface area contributed by atoms with Crippen LogP contribution in [0.2, 0.25) is 0 Å². The molecule has 0 saturated carbocycles. The van der Waals surface area contributed by atoms with Crippen molar-refractivity contribution < 1.29 is 0 Å². The Bertz CT molecular complexity index is 778. The summed E-state index contributed by atoms with van der Waals surface area (Å²) < 4.78 is 4.05. The lowest BCUT2D eigenvalue weighted by molar-refractivity contribution is 1.10. The molecule has 3 aromatic rings. The number of fused-ring (bicyclic) bond motifs is 1. The topological polar surface area (TPSA) is 43.8 Å². The molecule has 3 nitrogen and oxygen atoms in total. The van der Waals surface area contributed by atoms with Gasteiger partial charge in [-0.05, 0) is 48.9 Å². The van der Waals surface area contributed by atoms with Crippen LogP contribution in [0.15, 0.2) is 45.3 Å². The number of nitrogens with two attached hydrogens (primary N) is 1. The third kappa shape index (κ3) is 2.17. The monoisotopic (exact) mass is 379 g/mol. The van der Waals surface area contributed by atoms with Crippen LogP contribution in [-0.4, -0.2) is 9.55 Å². The van der Waals surface area contributed by atoms with Gasteiger partial charge < -0.3 is 5.73 Å². The summed E-state index contributed by atoms with van der Waals surface area (Å²) in [6.07, 6.45) is 0. The van der Waals surface area contributed by atoms with Gasteiger partial charge in [0.25, 0.3) is 0 Å². The highest BCUT2D eigenvalue weighted by atomic mass is 79.9. The van der Waals surface area contributed by atoms with Gasteiger partial charge in [0, 0.05) is 14.6 Å². The molecule has 2 N–H and O–H groups in total. The number of nitrogen functional groups attached to an aromatic ring is 1. The number of aryl methyl sites for hydroxylation is 1. The number of rotatable bonds is 1. The number of aromatic nitrogens is 2. The summed E-state index contributed by atoms with van der Waals surface area (Å²) in [7, 11) is 0. The molecule has 19 heavy (non-hydrogen) atoms. The molecule has 1 aromatic heterocycles. The molecule has 0 aliphatic rings. The van der Waals surface area contributed by atoms with E-state index < -0.39 is 0 Å². The summed E-state index contributed by atoms with van der Waals surface area (Å²) in [5.74, 6) is 0.495. The molecule has 0 radical (unpaired) electrons. The van der Waals surface area contributed by atoms with Crippen LogP contribution in [0.3, 0.4) is 0 Å². The predicted molar refractivity (Wildman–Crippen MR) is 85.6 cm³/mol. The molecule has 0 aliphatic heterocycles. The normalized spacial score (nSPS) is 11.1. The molecule has 0 atom stereocenters. The zero-order valence-corrected chi connectivity index (χ0v) is 13.4. The Morgan fingerprint density at radius 1 is 1.11 bits per heavy atom. The summed E-state index contributed by atoms with van der Waals surface area (Å²) in [6, 6.07) is 12.1. The van der Waals surface area contributed by atoms with Gasteiger partial charge >= 0.3 is 0 Å². The minimum absolute atomic E-state index is 0.495. The van der Waals surface area contributed by atoms with Crippen molar-refractivity contribution in [2.75, 3.05) is 5.73 Å². The second-order valence-corrected chi connectivity index (χ2v) is 6.14. The molecule has 0 spiro atoms. The molecule has 0 bridgehead atoms. The largest absolute Gasteiger partial charge is 0.369 e. The zero-order chi connectivity index (χ0) is 13.6. The molecule has 0 fully saturated rings. The molecule has 2 aromatic carbocycles. The average molecular weight is 381 g/mol. The van der Waals surface area contributed by atoms with E-state index in [1.807, 2.05) is 34.9 Å². The first-order valence-corrected chi connectivity index (χ1v) is 7.35. The van der Waals surface area contributed by atoms with Crippen LogP contribution in [0, 0.1) is 6.92 Å². The van der Waals surface area contributed by atoms with Crippen molar-refractivity contribution in [2.45, 2.75) is 6.92 Å². The second kappa shape index (κ2) is 4.65. The van der Waals surface area contributed by atoms with Crippen molar-refractivity contribution in [3.05, 3.63) is 50.9 Å². The van der Waals surface area contributed by atoms with Crippen molar-refractivity contribution in [3.8, 4) is 5.69 Å². The van der Waals surface area contributed by atoms with Crippen LogP contribution in [0.25, 0.3) is 16.7 Å². The van der Waals surface area contributed by atoms with Gasteiger partial charge in [0.05, 0.1) is 11.0 Å². The Kier molecular flexibility index (Phi) is 3.11. The van der Waals surface area contributed by atoms with Gasteiger partial charge in [-0.3, -0.25) is 4.57 Å². The number of imidazole rings is 1. The van der Waals surface area contributed by atoms with Gasteiger partial charge in [0.1, 0.15) is 0 Å². The highest BCUT2D eigenvalue weighted by Crippen LogP contribution is 2.27. The SMILES string of the molecule is Cc1cc(-n2c(N)nc3ccc(Br)cc32)ccc1Br. The molecule has 0 aliphatic carbocycles. The maximum absolute atomic E-state index is 6.05. The molecule has 1 heterocycles. The van der Waals surface area contributed by atoms with E-state index in [1.165, 1.54) is 0 Å². The van der Waals surface area contributed by atoms with E-state index in [9.17, 15) is 0 Å². The standard InChI is InChI=1S/C14H11Br2N3/c1-8-6-10(3-4-11(8)16)19-13-7-9(15)2-5-12(13)18-14(19)17/h2-7H,1H3,(H2,17,18). The van der Waals surface area contributed by atoms with Crippen LogP contribution in [0.4, 0.5) is 5.95 Å². The minimum Gasteiger partial charge on any atom is -0.369 e. The number of nitrogens with zero attached hydrogens (tertiary/aromatic N) is 2. The van der Waals surface area contributed by atoms with Gasteiger partial charge in [-0.15, -0.1) is 0 Å². The Morgan fingerprint density at radius 3 is 2.63 bits per heavy atom. The zero-order valence-electron chi connectivity index (χ0n) is 10.2. The lowest BCUT2D eigenvalue weighted by Gasteiger charge is -2.08. The fourth-order valence-electron chi connectivity index (χ4n) is 2.11. The van der Waals surface area contributed by atoms with Crippen molar-refractivity contribution in [1.82, 2.24) is 9.55 Å². The summed E-state index contributed by atoms with van der Waals surface area (Å²) in [5.41, 5.74) is 10.1. The van der Waals surface area contributed by atoms with Crippen LogP contribution in [-0.2, 0) is 0 Å². The van der Waals surface area contributed by atoms with E-state index in [4.69, 9.17) is 5.73 Å². The molecule has 5 heteroatoms. The van der Waals surface area contributed by atoms with E-state index in [1.54, 1.807) is 0 Å². The van der Waals surface area contributed by atoms with Gasteiger partial charge in [-0.1, -0.05) is 31.9 Å². The fourth-order valence-corrected chi connectivity index (χ4v) is 2.70. The van der Waals surface area contributed by atoms with Crippen molar-refractivity contribution in [3.63, 3.8) is 0 Å². The lowest BCUT2D eigenvalue weighted by Crippen LogP contribution is -2.00. The molecular formula is C14H11Br2N3. The average Bonchev–Trinajstić information content (AvgIpc) is 2.68. The Hall–Kier alpha value is -1.33. The molecular weight excluding hydrogens is 370 g/mol. The molecule has 0 saturated heterocycles. The van der Waals surface area contributed by atoms with Crippen LogP contribution < -0.4 is 5.73 Å². The Balaban J connectivity index is 2.31. The smallest absolute Gasteiger partial charge is 0.205 e. The summed E-state index contributed by atoms with van der Waals surface area (Å²) in [6.45, 7) is 2.05. The van der Waals surface area contributed by atoms with Crippen molar-refractivity contribution >= 4 is 48.8 Å². The van der Waals surface area contributed by atoms with E-state index in [-0.39, 0.29) is 0 Å². The number of halogens is 2. The van der Waals surface area contributed by atoms with Crippen molar-refractivity contribution in [1.29, 1.82) is 0 Å². The van der Waals surface area contributed by atoms with Crippen LogP contribution in [0.5, 0.6) is 0 Å². The first-order valence-electron chi connectivity index (χ1n) is 5.76.